The van der Waals surface area contributed by atoms with Crippen LogP contribution in [-0.4, -0.2) is 42.4 Å². The van der Waals surface area contributed by atoms with Crippen LogP contribution in [0.2, 0.25) is 0 Å². The summed E-state index contributed by atoms with van der Waals surface area (Å²) in [4.78, 5) is 4.58. The summed E-state index contributed by atoms with van der Waals surface area (Å²) in [6, 6.07) is 0.395. The van der Waals surface area contributed by atoms with Gasteiger partial charge in [-0.1, -0.05) is 18.7 Å². The second-order valence-electron chi connectivity index (χ2n) is 5.05. The number of thioether (sulfide) groups is 1. The minimum atomic E-state index is -2.85. The van der Waals surface area contributed by atoms with Gasteiger partial charge in [0.05, 0.1) is 17.5 Å². The third-order valence-electron chi connectivity index (χ3n) is 3.11. The standard InChI is InChI=1S/C11H20N2O2S2/c1-8-6-9(2)16-11(12-8)13-10-4-3-5-17(14,15)7-10/h8-10H,3-7H2,1-2H3,(H,12,13). The molecule has 2 saturated heterocycles. The lowest BCUT2D eigenvalue weighted by Gasteiger charge is -2.28. The zero-order valence-corrected chi connectivity index (χ0v) is 12.0. The Morgan fingerprint density at radius 3 is 2.82 bits per heavy atom. The highest BCUT2D eigenvalue weighted by Gasteiger charge is 2.26. The number of aliphatic imine (C=N–C) groups is 1. The average molecular weight is 276 g/mol. The molecule has 98 valence electrons. The Labute approximate surface area is 108 Å². The molecule has 3 unspecified atom stereocenters. The van der Waals surface area contributed by atoms with E-state index < -0.39 is 9.84 Å². The minimum Gasteiger partial charge on any atom is -0.362 e. The molecule has 0 aromatic rings. The van der Waals surface area contributed by atoms with Gasteiger partial charge in [0.1, 0.15) is 0 Å². The molecule has 0 bridgehead atoms. The van der Waals surface area contributed by atoms with Gasteiger partial charge in [0.25, 0.3) is 0 Å². The number of nitrogens with zero attached hydrogens (tertiary/aromatic N) is 1. The van der Waals surface area contributed by atoms with Crippen LogP contribution >= 0.6 is 11.8 Å². The summed E-state index contributed by atoms with van der Waals surface area (Å²) in [5.74, 6) is 0.559. The molecule has 0 saturated carbocycles. The number of hydrogen-bond donors (Lipinski definition) is 1. The smallest absolute Gasteiger partial charge is 0.157 e. The van der Waals surface area contributed by atoms with E-state index >= 15 is 0 Å². The zero-order valence-electron chi connectivity index (χ0n) is 10.3. The van der Waals surface area contributed by atoms with Gasteiger partial charge >= 0.3 is 0 Å². The van der Waals surface area contributed by atoms with Crippen LogP contribution in [-0.2, 0) is 9.84 Å². The summed E-state index contributed by atoms with van der Waals surface area (Å²) < 4.78 is 23.1. The van der Waals surface area contributed by atoms with Crippen molar-refractivity contribution in [3.8, 4) is 0 Å². The van der Waals surface area contributed by atoms with Crippen molar-refractivity contribution in [2.24, 2.45) is 4.99 Å². The normalized spacial score (nSPS) is 39.9. The fraction of sp³-hybridized carbons (Fsp3) is 0.909. The highest BCUT2D eigenvalue weighted by atomic mass is 32.2. The molecule has 2 fully saturated rings. The molecule has 2 aliphatic rings. The van der Waals surface area contributed by atoms with Crippen molar-refractivity contribution in [3.63, 3.8) is 0 Å². The van der Waals surface area contributed by atoms with Gasteiger partial charge in [-0.05, 0) is 26.2 Å². The van der Waals surface area contributed by atoms with Crippen molar-refractivity contribution in [1.29, 1.82) is 0 Å². The lowest BCUT2D eigenvalue weighted by molar-refractivity contribution is 0.549. The molecular formula is C11H20N2O2S2. The predicted octanol–water partition coefficient (Wildman–Crippen LogP) is 1.42. The van der Waals surface area contributed by atoms with Gasteiger partial charge in [0.15, 0.2) is 15.0 Å². The highest BCUT2D eigenvalue weighted by molar-refractivity contribution is 8.14. The Morgan fingerprint density at radius 1 is 1.41 bits per heavy atom. The summed E-state index contributed by atoms with van der Waals surface area (Å²) >= 11 is 1.73. The third-order valence-corrected chi connectivity index (χ3v) is 5.95. The molecule has 0 aromatic heterocycles. The van der Waals surface area contributed by atoms with E-state index in [-0.39, 0.29) is 11.8 Å². The molecule has 0 aromatic carbocycles. The second-order valence-corrected chi connectivity index (χ2v) is 8.71. The summed E-state index contributed by atoms with van der Waals surface area (Å²) in [5, 5.41) is 4.83. The van der Waals surface area contributed by atoms with Crippen molar-refractivity contribution in [3.05, 3.63) is 0 Å². The van der Waals surface area contributed by atoms with Crippen molar-refractivity contribution < 1.29 is 8.42 Å². The Morgan fingerprint density at radius 2 is 2.18 bits per heavy atom. The van der Waals surface area contributed by atoms with Gasteiger partial charge in [0, 0.05) is 11.3 Å². The number of nitrogens with one attached hydrogen (secondary N) is 1. The van der Waals surface area contributed by atoms with Crippen LogP contribution in [0, 0.1) is 0 Å². The van der Waals surface area contributed by atoms with E-state index in [4.69, 9.17) is 0 Å². The van der Waals surface area contributed by atoms with Crippen LogP contribution in [0.3, 0.4) is 0 Å². The summed E-state index contributed by atoms with van der Waals surface area (Å²) in [6.45, 7) is 4.33. The monoisotopic (exact) mass is 276 g/mol. The summed E-state index contributed by atoms with van der Waals surface area (Å²) in [6.07, 6.45) is 2.78. The predicted molar refractivity (Wildman–Crippen MR) is 73.4 cm³/mol. The topological polar surface area (TPSA) is 58.5 Å². The van der Waals surface area contributed by atoms with Crippen LogP contribution in [0.1, 0.15) is 33.1 Å². The van der Waals surface area contributed by atoms with Gasteiger partial charge in [-0.3, -0.25) is 4.99 Å². The van der Waals surface area contributed by atoms with Gasteiger partial charge in [-0.2, -0.15) is 0 Å². The van der Waals surface area contributed by atoms with Crippen molar-refractivity contribution in [2.75, 3.05) is 11.5 Å². The first-order valence-electron chi connectivity index (χ1n) is 6.16. The Balaban J connectivity index is 2.03. The molecule has 3 atom stereocenters. The zero-order chi connectivity index (χ0) is 12.5. The maximum absolute atomic E-state index is 11.5. The Kier molecular flexibility index (Phi) is 4.02. The van der Waals surface area contributed by atoms with E-state index in [0.29, 0.717) is 17.0 Å². The molecule has 6 heteroatoms. The molecule has 2 heterocycles. The van der Waals surface area contributed by atoms with E-state index in [2.05, 4.69) is 24.2 Å². The quantitative estimate of drug-likeness (QED) is 0.787. The molecule has 0 spiro atoms. The van der Waals surface area contributed by atoms with Crippen molar-refractivity contribution >= 4 is 26.8 Å². The van der Waals surface area contributed by atoms with E-state index in [9.17, 15) is 8.42 Å². The largest absolute Gasteiger partial charge is 0.362 e. The van der Waals surface area contributed by atoms with E-state index in [0.717, 1.165) is 24.4 Å². The van der Waals surface area contributed by atoms with Crippen LogP contribution in [0.5, 0.6) is 0 Å². The van der Waals surface area contributed by atoms with E-state index in [1.807, 2.05) is 0 Å². The molecule has 0 amide bonds. The average Bonchev–Trinajstić information content (AvgIpc) is 2.13. The maximum atomic E-state index is 11.5. The molecule has 1 N–H and O–H groups in total. The fourth-order valence-electron chi connectivity index (χ4n) is 2.37. The van der Waals surface area contributed by atoms with Gasteiger partial charge in [-0.15, -0.1) is 0 Å². The van der Waals surface area contributed by atoms with E-state index in [1.54, 1.807) is 11.8 Å². The van der Waals surface area contributed by atoms with Crippen molar-refractivity contribution in [1.82, 2.24) is 5.32 Å². The summed E-state index contributed by atoms with van der Waals surface area (Å²) in [7, 11) is -2.85. The minimum absolute atomic E-state index is 0.0405. The summed E-state index contributed by atoms with van der Waals surface area (Å²) in [5.41, 5.74) is 0. The first kappa shape index (κ1) is 13.2. The number of sulfone groups is 1. The first-order chi connectivity index (χ1) is 7.94. The van der Waals surface area contributed by atoms with Gasteiger partial charge in [-0.25, -0.2) is 8.42 Å². The second kappa shape index (κ2) is 5.18. The van der Waals surface area contributed by atoms with Crippen LogP contribution in [0.25, 0.3) is 0 Å². The lowest BCUT2D eigenvalue weighted by Crippen LogP contribution is -2.40. The molecule has 17 heavy (non-hydrogen) atoms. The number of rotatable bonds is 1. The van der Waals surface area contributed by atoms with Gasteiger partial charge < -0.3 is 5.32 Å². The van der Waals surface area contributed by atoms with E-state index in [1.165, 1.54) is 0 Å². The first-order valence-corrected chi connectivity index (χ1v) is 8.86. The molecule has 0 radical (unpaired) electrons. The Bertz CT molecular complexity index is 394. The van der Waals surface area contributed by atoms with Gasteiger partial charge in [0.2, 0.25) is 0 Å². The van der Waals surface area contributed by atoms with Crippen LogP contribution < -0.4 is 5.32 Å². The van der Waals surface area contributed by atoms with Crippen molar-refractivity contribution in [2.45, 2.75) is 50.4 Å². The third kappa shape index (κ3) is 3.88. The maximum Gasteiger partial charge on any atom is 0.157 e. The molecule has 4 nitrogen and oxygen atoms in total. The Hall–Kier alpha value is -0.230. The number of amidine groups is 1. The molecule has 2 aliphatic heterocycles. The van der Waals surface area contributed by atoms with Crippen LogP contribution in [0.15, 0.2) is 4.99 Å². The number of hydrogen-bond acceptors (Lipinski definition) is 4. The van der Waals surface area contributed by atoms with Crippen LogP contribution in [0.4, 0.5) is 0 Å². The lowest BCUT2D eigenvalue weighted by atomic mass is 10.2. The molecular weight excluding hydrogens is 256 g/mol. The SMILES string of the molecule is CC1CC(C)SC(=NC2CCCS(=O)(=O)C2)N1. The highest BCUT2D eigenvalue weighted by Crippen LogP contribution is 2.24. The molecule has 0 aliphatic carbocycles. The molecule has 2 rings (SSSR count). The fourth-order valence-corrected chi connectivity index (χ4v) is 5.22.